The molecule has 19 heavy (non-hydrogen) atoms. The highest BCUT2D eigenvalue weighted by molar-refractivity contribution is 5.05. The molecule has 2 bridgehead atoms. The van der Waals surface area contributed by atoms with Crippen molar-refractivity contribution >= 4 is 0 Å². The molecule has 102 valence electrons. The van der Waals surface area contributed by atoms with Gasteiger partial charge in [-0.15, -0.1) is 0 Å². The molecule has 0 N–H and O–H groups in total. The number of aromatic nitrogens is 2. The van der Waals surface area contributed by atoms with Crippen LogP contribution in [-0.2, 0) is 6.42 Å². The van der Waals surface area contributed by atoms with Crippen LogP contribution in [0.3, 0.4) is 0 Å². The van der Waals surface area contributed by atoms with Crippen LogP contribution >= 0.6 is 0 Å². The zero-order valence-electron chi connectivity index (χ0n) is 11.5. The van der Waals surface area contributed by atoms with E-state index in [1.54, 1.807) is 0 Å². The summed E-state index contributed by atoms with van der Waals surface area (Å²) in [5.74, 6) is 1.83. The Morgan fingerprint density at radius 2 is 2.11 bits per heavy atom. The Balaban J connectivity index is 1.69. The summed E-state index contributed by atoms with van der Waals surface area (Å²) in [7, 11) is 2.23. The Morgan fingerprint density at radius 3 is 2.74 bits per heavy atom. The van der Waals surface area contributed by atoms with Gasteiger partial charge in [-0.2, -0.15) is 10.2 Å². The van der Waals surface area contributed by atoms with Gasteiger partial charge in [0, 0.05) is 24.4 Å². The van der Waals surface area contributed by atoms with Crippen LogP contribution in [0.15, 0.2) is 4.52 Å². The second kappa shape index (κ2) is 4.93. The van der Waals surface area contributed by atoms with Crippen LogP contribution in [0.5, 0.6) is 0 Å². The molecule has 1 aromatic rings. The summed E-state index contributed by atoms with van der Waals surface area (Å²) in [5, 5.41) is 12.9. The van der Waals surface area contributed by atoms with E-state index in [0.29, 0.717) is 30.3 Å². The summed E-state index contributed by atoms with van der Waals surface area (Å²) < 4.78 is 5.28. The summed E-state index contributed by atoms with van der Waals surface area (Å²) >= 11 is 0. The first-order valence-electron chi connectivity index (χ1n) is 7.11. The maximum absolute atomic E-state index is 8.81. The molecule has 3 unspecified atom stereocenters. The largest absolute Gasteiger partial charge is 0.339 e. The fraction of sp³-hybridized carbons (Fsp3) is 0.786. The first-order valence-corrected chi connectivity index (χ1v) is 7.11. The molecule has 0 aromatic carbocycles. The molecule has 3 rings (SSSR count). The van der Waals surface area contributed by atoms with Gasteiger partial charge in [-0.25, -0.2) is 0 Å². The van der Waals surface area contributed by atoms with Crippen molar-refractivity contribution in [2.75, 3.05) is 7.05 Å². The van der Waals surface area contributed by atoms with Crippen molar-refractivity contribution < 1.29 is 4.52 Å². The summed E-state index contributed by atoms with van der Waals surface area (Å²) in [6.45, 7) is 1.87. The highest BCUT2D eigenvalue weighted by Crippen LogP contribution is 2.41. The van der Waals surface area contributed by atoms with Crippen molar-refractivity contribution in [1.29, 1.82) is 5.26 Å². The zero-order valence-corrected chi connectivity index (χ0v) is 11.5. The van der Waals surface area contributed by atoms with E-state index >= 15 is 0 Å². The minimum absolute atomic E-state index is 0.0676. The molecule has 0 aliphatic carbocycles. The number of hydrogen-bond acceptors (Lipinski definition) is 5. The van der Waals surface area contributed by atoms with Crippen LogP contribution < -0.4 is 0 Å². The van der Waals surface area contributed by atoms with Gasteiger partial charge < -0.3 is 9.42 Å². The molecular weight excluding hydrogens is 240 g/mol. The van der Waals surface area contributed by atoms with Crippen LogP contribution in [0, 0.1) is 17.2 Å². The summed E-state index contributed by atoms with van der Waals surface area (Å²) in [5.41, 5.74) is 0. The number of hydrogen-bond donors (Lipinski definition) is 0. The van der Waals surface area contributed by atoms with Gasteiger partial charge in [0.15, 0.2) is 5.82 Å². The van der Waals surface area contributed by atoms with E-state index in [9.17, 15) is 0 Å². The van der Waals surface area contributed by atoms with E-state index in [-0.39, 0.29) is 5.92 Å². The van der Waals surface area contributed by atoms with E-state index in [4.69, 9.17) is 9.78 Å². The molecular formula is C14H20N4O. The summed E-state index contributed by atoms with van der Waals surface area (Å²) in [4.78, 5) is 7.01. The molecule has 2 aliphatic heterocycles. The predicted molar refractivity (Wildman–Crippen MR) is 69.3 cm³/mol. The predicted octanol–water partition coefficient (Wildman–Crippen LogP) is 2.11. The first kappa shape index (κ1) is 12.6. The molecule has 2 fully saturated rings. The Bertz CT molecular complexity index is 478. The van der Waals surface area contributed by atoms with E-state index < -0.39 is 0 Å². The van der Waals surface area contributed by atoms with Gasteiger partial charge in [0.1, 0.15) is 0 Å². The molecule has 3 atom stereocenters. The Morgan fingerprint density at radius 1 is 1.42 bits per heavy atom. The molecule has 0 spiro atoms. The number of rotatable bonds is 3. The van der Waals surface area contributed by atoms with Gasteiger partial charge >= 0.3 is 0 Å². The summed E-state index contributed by atoms with van der Waals surface area (Å²) in [6.07, 6.45) is 5.43. The maximum Gasteiger partial charge on any atom is 0.227 e. The average Bonchev–Trinajstić information content (AvgIpc) is 2.92. The quantitative estimate of drug-likeness (QED) is 0.832. The number of nitrogens with zero attached hydrogens (tertiary/aromatic N) is 4. The normalized spacial score (nSPS) is 32.2. The second-order valence-corrected chi connectivity index (χ2v) is 6.00. The molecule has 0 amide bonds. The van der Waals surface area contributed by atoms with Crippen LogP contribution in [0.25, 0.3) is 0 Å². The number of piperidine rings is 1. The standard InChI is InChI=1S/C14H20N4O/c1-9(8-15)5-13-16-14(17-19-13)10-6-11-3-4-12(7-10)18(11)2/h9-12H,3-7H2,1-2H3. The molecule has 2 aliphatic rings. The van der Waals surface area contributed by atoms with E-state index in [0.717, 1.165) is 18.7 Å². The smallest absolute Gasteiger partial charge is 0.227 e. The van der Waals surface area contributed by atoms with Crippen molar-refractivity contribution in [2.45, 2.75) is 57.0 Å². The van der Waals surface area contributed by atoms with Crippen LogP contribution in [0.4, 0.5) is 0 Å². The molecule has 1 aromatic heterocycles. The van der Waals surface area contributed by atoms with Crippen LogP contribution in [0.1, 0.15) is 50.2 Å². The monoisotopic (exact) mass is 260 g/mol. The van der Waals surface area contributed by atoms with Gasteiger partial charge in [-0.05, 0) is 39.7 Å². The lowest BCUT2D eigenvalue weighted by Gasteiger charge is -2.34. The van der Waals surface area contributed by atoms with E-state index in [2.05, 4.69) is 28.2 Å². The third-order valence-electron chi connectivity index (χ3n) is 4.65. The molecule has 2 saturated heterocycles. The maximum atomic E-state index is 8.81. The molecule has 0 radical (unpaired) electrons. The SMILES string of the molecule is CC(C#N)Cc1nc(C2CC3CCC(C2)N3C)no1. The van der Waals surface area contributed by atoms with E-state index in [1.807, 2.05) is 6.92 Å². The average molecular weight is 260 g/mol. The van der Waals surface area contributed by atoms with E-state index in [1.165, 1.54) is 12.8 Å². The third-order valence-corrected chi connectivity index (χ3v) is 4.65. The van der Waals surface area contributed by atoms with Crippen molar-refractivity contribution in [3.63, 3.8) is 0 Å². The topological polar surface area (TPSA) is 66.0 Å². The van der Waals surface area contributed by atoms with Gasteiger partial charge in [-0.1, -0.05) is 5.16 Å². The molecule has 5 nitrogen and oxygen atoms in total. The molecule has 0 saturated carbocycles. The van der Waals surface area contributed by atoms with Gasteiger partial charge in [0.25, 0.3) is 0 Å². The third kappa shape index (κ3) is 2.37. The first-order chi connectivity index (χ1) is 9.17. The van der Waals surface area contributed by atoms with Gasteiger partial charge in [0.2, 0.25) is 5.89 Å². The zero-order chi connectivity index (χ0) is 13.4. The Labute approximate surface area is 113 Å². The highest BCUT2D eigenvalue weighted by atomic mass is 16.5. The summed E-state index contributed by atoms with van der Waals surface area (Å²) in [6, 6.07) is 3.57. The molecule has 5 heteroatoms. The lowest BCUT2D eigenvalue weighted by molar-refractivity contribution is 0.157. The lowest BCUT2D eigenvalue weighted by atomic mass is 9.90. The Hall–Kier alpha value is -1.41. The highest BCUT2D eigenvalue weighted by Gasteiger charge is 2.40. The minimum atomic E-state index is -0.0676. The van der Waals surface area contributed by atoms with Crippen LogP contribution in [0.2, 0.25) is 0 Å². The van der Waals surface area contributed by atoms with Gasteiger partial charge in [0.05, 0.1) is 12.0 Å². The number of nitriles is 1. The fourth-order valence-corrected chi connectivity index (χ4v) is 3.45. The van der Waals surface area contributed by atoms with Crippen molar-refractivity contribution in [1.82, 2.24) is 15.0 Å². The van der Waals surface area contributed by atoms with Crippen molar-refractivity contribution in [2.24, 2.45) is 5.92 Å². The second-order valence-electron chi connectivity index (χ2n) is 6.00. The fourth-order valence-electron chi connectivity index (χ4n) is 3.45. The van der Waals surface area contributed by atoms with Crippen molar-refractivity contribution in [3.8, 4) is 6.07 Å². The lowest BCUT2D eigenvalue weighted by Crippen LogP contribution is -2.39. The Kier molecular flexibility index (Phi) is 3.28. The van der Waals surface area contributed by atoms with Crippen LogP contribution in [-0.4, -0.2) is 34.2 Å². The van der Waals surface area contributed by atoms with Crippen molar-refractivity contribution in [3.05, 3.63) is 11.7 Å². The molecule has 3 heterocycles. The van der Waals surface area contributed by atoms with Gasteiger partial charge in [-0.3, -0.25) is 0 Å². The number of fused-ring (bicyclic) bond motifs is 2. The minimum Gasteiger partial charge on any atom is -0.339 e.